The topological polar surface area (TPSA) is 44.8 Å². The van der Waals surface area contributed by atoms with Gasteiger partial charge in [-0.3, -0.25) is 4.79 Å². The molecular formula is C29H46O4. The molecule has 1 aliphatic heterocycles. The summed E-state index contributed by atoms with van der Waals surface area (Å²) in [4.78, 5) is 11.6. The van der Waals surface area contributed by atoms with Gasteiger partial charge >= 0.3 is 5.97 Å². The number of hydrogen-bond acceptors (Lipinski definition) is 4. The number of carbonyl (C=O) groups excluding carboxylic acids is 1. The van der Waals surface area contributed by atoms with Crippen molar-refractivity contribution in [3.63, 3.8) is 0 Å². The Hall–Kier alpha value is -0.870. The number of carbonyl (C=O) groups is 1. The minimum absolute atomic E-state index is 0.0639. The Morgan fingerprint density at radius 1 is 1.09 bits per heavy atom. The van der Waals surface area contributed by atoms with Gasteiger partial charge in [-0.25, -0.2) is 0 Å². The van der Waals surface area contributed by atoms with E-state index in [1.165, 1.54) is 45.6 Å². The van der Waals surface area contributed by atoms with Gasteiger partial charge < -0.3 is 14.2 Å². The van der Waals surface area contributed by atoms with Crippen molar-refractivity contribution >= 4 is 5.97 Å². The highest BCUT2D eigenvalue weighted by atomic mass is 16.8. The molecule has 3 saturated carbocycles. The Morgan fingerprint density at radius 2 is 1.88 bits per heavy atom. The summed E-state index contributed by atoms with van der Waals surface area (Å²) in [5.41, 5.74) is 2.30. The number of esters is 1. The summed E-state index contributed by atoms with van der Waals surface area (Å²) in [6.45, 7) is 11.8. The van der Waals surface area contributed by atoms with E-state index in [9.17, 15) is 4.79 Å². The second-order valence-electron chi connectivity index (χ2n) is 13.0. The Kier molecular flexibility index (Phi) is 6.04. The minimum atomic E-state index is -0.452. The van der Waals surface area contributed by atoms with Crippen LogP contribution in [0.15, 0.2) is 11.6 Å². The standard InChI is InChI=1S/C29H46O4/c1-18(8-7-9-25(30)31-6)20-12-13-21-19-10-11-23-26-24(32-27(2,3)33-26)15-17-29(23,5)22(19)14-16-28(20,21)4/h11,18-22,24,26H,7-10,12-17H2,1-6H3/t18-,19+,20-,21+,22+,24+,26-,28-,29-/m1/s1. The lowest BCUT2D eigenvalue weighted by Crippen LogP contribution is -2.53. The van der Waals surface area contributed by atoms with E-state index in [1.807, 2.05) is 0 Å². The van der Waals surface area contributed by atoms with E-state index in [4.69, 9.17) is 14.2 Å². The van der Waals surface area contributed by atoms with Crippen molar-refractivity contribution in [3.05, 3.63) is 11.6 Å². The van der Waals surface area contributed by atoms with Crippen LogP contribution in [0.4, 0.5) is 0 Å². The number of allylic oxidation sites excluding steroid dienone is 1. The molecule has 0 aromatic rings. The molecule has 4 nitrogen and oxygen atoms in total. The zero-order valence-corrected chi connectivity index (χ0v) is 21.8. The highest BCUT2D eigenvalue weighted by molar-refractivity contribution is 5.68. The predicted octanol–water partition coefficient (Wildman–Crippen LogP) is 6.67. The first-order chi connectivity index (χ1) is 15.6. The Balaban J connectivity index is 1.32. The van der Waals surface area contributed by atoms with Crippen LogP contribution in [0.3, 0.4) is 0 Å². The van der Waals surface area contributed by atoms with Crippen molar-refractivity contribution in [1.82, 2.24) is 0 Å². The lowest BCUT2D eigenvalue weighted by atomic mass is 9.46. The molecule has 0 amide bonds. The zero-order chi connectivity index (χ0) is 23.6. The van der Waals surface area contributed by atoms with E-state index in [2.05, 4.69) is 40.7 Å². The highest BCUT2D eigenvalue weighted by Gasteiger charge is 2.61. The molecule has 5 rings (SSSR count). The Morgan fingerprint density at radius 3 is 2.64 bits per heavy atom. The van der Waals surface area contributed by atoms with Crippen LogP contribution in [-0.4, -0.2) is 31.1 Å². The number of hydrogen-bond donors (Lipinski definition) is 0. The molecule has 0 radical (unpaired) electrons. The van der Waals surface area contributed by atoms with Gasteiger partial charge in [0.15, 0.2) is 5.79 Å². The molecule has 33 heavy (non-hydrogen) atoms. The van der Waals surface area contributed by atoms with Gasteiger partial charge in [0.2, 0.25) is 0 Å². The second kappa shape index (κ2) is 8.36. The van der Waals surface area contributed by atoms with Crippen LogP contribution >= 0.6 is 0 Å². The van der Waals surface area contributed by atoms with Crippen molar-refractivity contribution in [2.24, 2.45) is 40.4 Å². The van der Waals surface area contributed by atoms with Crippen molar-refractivity contribution < 1.29 is 19.0 Å². The van der Waals surface area contributed by atoms with Crippen LogP contribution in [0.25, 0.3) is 0 Å². The van der Waals surface area contributed by atoms with E-state index < -0.39 is 5.79 Å². The monoisotopic (exact) mass is 458 g/mol. The molecule has 9 atom stereocenters. The summed E-state index contributed by atoms with van der Waals surface area (Å²) in [7, 11) is 1.50. The summed E-state index contributed by atoms with van der Waals surface area (Å²) in [6, 6.07) is 0. The molecule has 5 aliphatic rings. The molecule has 4 aliphatic carbocycles. The summed E-state index contributed by atoms with van der Waals surface area (Å²) < 4.78 is 17.6. The Labute approximate surface area is 201 Å². The lowest BCUT2D eigenvalue weighted by Gasteiger charge is -2.59. The molecule has 0 spiro atoms. The summed E-state index contributed by atoms with van der Waals surface area (Å²) in [5.74, 6) is 3.41. The van der Waals surface area contributed by atoms with Crippen LogP contribution in [-0.2, 0) is 19.0 Å². The predicted molar refractivity (Wildman–Crippen MR) is 129 cm³/mol. The van der Waals surface area contributed by atoms with Gasteiger partial charge in [-0.1, -0.05) is 26.8 Å². The molecule has 0 bridgehead atoms. The largest absolute Gasteiger partial charge is 0.469 e. The van der Waals surface area contributed by atoms with Gasteiger partial charge in [-0.2, -0.15) is 0 Å². The minimum Gasteiger partial charge on any atom is -0.469 e. The molecule has 1 saturated heterocycles. The fraction of sp³-hybridized carbons (Fsp3) is 0.897. The van der Waals surface area contributed by atoms with Gasteiger partial charge in [0.25, 0.3) is 0 Å². The summed E-state index contributed by atoms with van der Waals surface area (Å²) >= 11 is 0. The van der Waals surface area contributed by atoms with Crippen molar-refractivity contribution in [3.8, 4) is 0 Å². The van der Waals surface area contributed by atoms with Gasteiger partial charge in [-0.15, -0.1) is 0 Å². The van der Waals surface area contributed by atoms with Gasteiger partial charge in [0.05, 0.1) is 13.2 Å². The fourth-order valence-corrected chi connectivity index (χ4v) is 9.49. The Bertz CT molecular complexity index is 801. The number of methoxy groups -OCH3 is 1. The average molecular weight is 459 g/mol. The van der Waals surface area contributed by atoms with Gasteiger partial charge in [0, 0.05) is 6.42 Å². The van der Waals surface area contributed by atoms with E-state index in [0.717, 1.165) is 42.9 Å². The van der Waals surface area contributed by atoms with Crippen LogP contribution in [0, 0.1) is 40.4 Å². The average Bonchev–Trinajstić information content (AvgIpc) is 3.28. The molecule has 0 aromatic carbocycles. The summed E-state index contributed by atoms with van der Waals surface area (Å²) in [6.07, 6.45) is 14.8. The number of rotatable bonds is 5. The van der Waals surface area contributed by atoms with Crippen molar-refractivity contribution in [2.45, 2.75) is 117 Å². The highest BCUT2D eigenvalue weighted by Crippen LogP contribution is 2.68. The van der Waals surface area contributed by atoms with Gasteiger partial charge in [0.1, 0.15) is 6.10 Å². The molecule has 186 valence electrons. The first kappa shape index (κ1) is 23.9. The molecular weight excluding hydrogens is 412 g/mol. The number of fused-ring (bicyclic) bond motifs is 7. The van der Waals surface area contributed by atoms with Gasteiger partial charge in [-0.05, 0) is 118 Å². The molecule has 4 fully saturated rings. The molecule has 1 heterocycles. The first-order valence-corrected chi connectivity index (χ1v) is 13.7. The number of ether oxygens (including phenoxy) is 3. The van der Waals surface area contributed by atoms with E-state index >= 15 is 0 Å². The summed E-state index contributed by atoms with van der Waals surface area (Å²) in [5, 5.41) is 0. The van der Waals surface area contributed by atoms with E-state index in [0.29, 0.717) is 17.8 Å². The third kappa shape index (κ3) is 3.82. The molecule has 0 unspecified atom stereocenters. The van der Waals surface area contributed by atoms with E-state index in [-0.39, 0.29) is 23.6 Å². The maximum Gasteiger partial charge on any atom is 0.305 e. The smallest absolute Gasteiger partial charge is 0.305 e. The quantitative estimate of drug-likeness (QED) is 0.341. The normalized spacial score (nSPS) is 46.4. The molecule has 0 N–H and O–H groups in total. The maximum absolute atomic E-state index is 11.6. The second-order valence-corrected chi connectivity index (χ2v) is 13.0. The third-order valence-electron chi connectivity index (χ3n) is 11.0. The first-order valence-electron chi connectivity index (χ1n) is 13.7. The maximum atomic E-state index is 11.6. The SMILES string of the molecule is COC(=O)CCC[C@@H](C)[C@H]1CC[C@H]2[C@@H]3CC=C4[C@H]5OC(C)(C)O[C@H]5CC[C@]4(C)[C@H]3CC[C@]12C. The van der Waals surface area contributed by atoms with E-state index in [1.54, 1.807) is 5.57 Å². The zero-order valence-electron chi connectivity index (χ0n) is 21.8. The van der Waals surface area contributed by atoms with Crippen molar-refractivity contribution in [1.29, 1.82) is 0 Å². The van der Waals surface area contributed by atoms with Crippen LogP contribution in [0.2, 0.25) is 0 Å². The van der Waals surface area contributed by atoms with Crippen LogP contribution in [0.1, 0.15) is 98.8 Å². The van der Waals surface area contributed by atoms with Crippen LogP contribution < -0.4 is 0 Å². The molecule has 4 heteroatoms. The van der Waals surface area contributed by atoms with Crippen molar-refractivity contribution in [2.75, 3.05) is 7.11 Å². The fourth-order valence-electron chi connectivity index (χ4n) is 9.49. The van der Waals surface area contributed by atoms with Crippen LogP contribution in [0.5, 0.6) is 0 Å². The lowest BCUT2D eigenvalue weighted by molar-refractivity contribution is -0.143. The third-order valence-corrected chi connectivity index (χ3v) is 11.0. The molecule has 0 aromatic heterocycles.